The van der Waals surface area contributed by atoms with Crippen LogP contribution in [0.2, 0.25) is 0 Å². The Morgan fingerprint density at radius 2 is 1.20 bits per heavy atom. The molecule has 0 saturated heterocycles. The van der Waals surface area contributed by atoms with Crippen LogP contribution in [0.25, 0.3) is 22.6 Å². The molecule has 0 aliphatic heterocycles. The van der Waals surface area contributed by atoms with Gasteiger partial charge in [-0.1, -0.05) is 87.4 Å². The van der Waals surface area contributed by atoms with Gasteiger partial charge in [0.05, 0.1) is 17.7 Å². The number of alkyl carbamates (subject to hydrolysis) is 1. The smallest absolute Gasteiger partial charge is 0.407 e. The lowest BCUT2D eigenvalue weighted by atomic mass is 9.99. The first kappa shape index (κ1) is 38.2. The van der Waals surface area contributed by atoms with Gasteiger partial charge >= 0.3 is 6.09 Å². The maximum atomic E-state index is 11.6. The first-order valence-electron chi connectivity index (χ1n) is 15.4. The van der Waals surface area contributed by atoms with E-state index in [4.69, 9.17) is 29.0 Å². The first-order valence-corrected chi connectivity index (χ1v) is 15.4. The average molecular weight is 657 g/mol. The number of aromatic nitrogens is 2. The van der Waals surface area contributed by atoms with Crippen LogP contribution >= 0.6 is 12.4 Å². The summed E-state index contributed by atoms with van der Waals surface area (Å²) in [6, 6.07) is 16.3. The van der Waals surface area contributed by atoms with E-state index in [1.807, 2.05) is 64.1 Å². The highest BCUT2D eigenvalue weighted by Crippen LogP contribution is 2.37. The van der Waals surface area contributed by atoms with Gasteiger partial charge in [-0.3, -0.25) is 0 Å². The minimum absolute atomic E-state index is 0. The molecule has 0 aliphatic carbocycles. The van der Waals surface area contributed by atoms with Crippen LogP contribution in [-0.2, 0) is 4.74 Å². The molecule has 252 valence electrons. The van der Waals surface area contributed by atoms with Gasteiger partial charge in [-0.15, -0.1) is 12.4 Å². The summed E-state index contributed by atoms with van der Waals surface area (Å²) in [6.45, 7) is 19.4. The highest BCUT2D eigenvalue weighted by atomic mass is 35.5. The molecule has 3 N–H and O–H groups in total. The zero-order chi connectivity index (χ0) is 33.1. The Hall–Kier alpha value is -4.02. The average Bonchev–Trinajstić information content (AvgIpc) is 3.59. The van der Waals surface area contributed by atoms with E-state index in [1.165, 1.54) is 11.1 Å². The highest BCUT2D eigenvalue weighted by Gasteiger charge is 2.23. The highest BCUT2D eigenvalue weighted by molar-refractivity contribution is 5.85. The monoisotopic (exact) mass is 656 g/mol. The fourth-order valence-corrected chi connectivity index (χ4v) is 4.39. The second-order valence-electron chi connectivity index (χ2n) is 12.4. The number of aryl methyl sites for hydroxylation is 2. The number of nitrogens with two attached hydrogens (primary N) is 1. The molecule has 2 heterocycles. The van der Waals surface area contributed by atoms with Crippen LogP contribution in [0.15, 0.2) is 57.6 Å². The third kappa shape index (κ3) is 11.1. The van der Waals surface area contributed by atoms with Crippen LogP contribution in [-0.4, -0.2) is 48.3 Å². The Bertz CT molecular complexity index is 1490. The molecule has 1 amide bonds. The normalized spacial score (nSPS) is 11.0. The van der Waals surface area contributed by atoms with Gasteiger partial charge in [0, 0.05) is 17.7 Å². The van der Waals surface area contributed by atoms with Gasteiger partial charge in [0.25, 0.3) is 11.8 Å². The Labute approximate surface area is 278 Å². The zero-order valence-electron chi connectivity index (χ0n) is 28.4. The Morgan fingerprint density at radius 1 is 0.783 bits per heavy atom. The van der Waals surface area contributed by atoms with E-state index >= 15 is 0 Å². The number of nitrogens with one attached hydrogen (secondary N) is 1. The summed E-state index contributed by atoms with van der Waals surface area (Å²) >= 11 is 0. The molecule has 0 unspecified atom stereocenters. The van der Waals surface area contributed by atoms with Crippen molar-refractivity contribution in [1.29, 1.82) is 0 Å². The molecule has 46 heavy (non-hydrogen) atoms. The number of hydrogen-bond donors (Lipinski definition) is 2. The second kappa shape index (κ2) is 17.6. The van der Waals surface area contributed by atoms with Crippen molar-refractivity contribution >= 4 is 18.5 Å². The number of benzene rings is 2. The van der Waals surface area contributed by atoms with E-state index in [2.05, 4.69) is 62.4 Å². The molecule has 11 heteroatoms. The van der Waals surface area contributed by atoms with E-state index in [0.717, 1.165) is 33.8 Å². The van der Waals surface area contributed by atoms with Crippen LogP contribution in [0.3, 0.4) is 0 Å². The number of hydrogen-bond acceptors (Lipinski definition) is 9. The predicted molar refractivity (Wildman–Crippen MR) is 183 cm³/mol. The number of carbonyl (C=O) groups is 1. The summed E-state index contributed by atoms with van der Waals surface area (Å²) in [5, 5.41) is 10.8. The number of nitrogens with zero attached hydrogens (tertiary/aromatic N) is 2. The fraction of sp³-hybridized carbons (Fsp3) is 0.457. The van der Waals surface area contributed by atoms with Gasteiger partial charge in [-0.2, -0.15) is 0 Å². The summed E-state index contributed by atoms with van der Waals surface area (Å²) in [5.74, 6) is 2.97. The minimum atomic E-state index is -0.523. The van der Waals surface area contributed by atoms with E-state index in [1.54, 1.807) is 0 Å². The van der Waals surface area contributed by atoms with Gasteiger partial charge < -0.3 is 34.3 Å². The van der Waals surface area contributed by atoms with E-state index in [0.29, 0.717) is 31.5 Å². The standard InChI is InChI=1S/C20H28N2O4.C15H20N2O2.ClH/c1-13(2)16-17(15-9-7-14(3)8-10-15)26-22-18(16)24-12-11-21-19(23)25-20(4,5)6;1-10(2)13-14(12-6-4-11(3)5-7-12)19-17-15(13)18-9-8-16;/h7-10,13H,11-12H2,1-6H3,(H,21,23);4-7,10H,8-9,16H2,1-3H3;1H. The molecule has 0 bridgehead atoms. The van der Waals surface area contributed by atoms with E-state index in [-0.39, 0.29) is 30.8 Å². The Balaban J connectivity index is 0.000000328. The van der Waals surface area contributed by atoms with Crippen molar-refractivity contribution in [3.8, 4) is 34.4 Å². The van der Waals surface area contributed by atoms with Crippen molar-refractivity contribution in [1.82, 2.24) is 15.6 Å². The fourth-order valence-electron chi connectivity index (χ4n) is 4.39. The van der Waals surface area contributed by atoms with Crippen molar-refractivity contribution in [3.05, 3.63) is 70.8 Å². The predicted octanol–water partition coefficient (Wildman–Crippen LogP) is 8.21. The number of ether oxygens (including phenoxy) is 3. The maximum absolute atomic E-state index is 11.6. The molecule has 0 aliphatic rings. The van der Waals surface area contributed by atoms with Gasteiger partial charge in [0.2, 0.25) is 0 Å². The Morgan fingerprint density at radius 3 is 1.57 bits per heavy atom. The van der Waals surface area contributed by atoms with Crippen molar-refractivity contribution in [2.75, 3.05) is 26.3 Å². The number of rotatable bonds is 11. The van der Waals surface area contributed by atoms with Crippen LogP contribution in [0.5, 0.6) is 11.8 Å². The van der Waals surface area contributed by atoms with Crippen LogP contribution < -0.4 is 20.5 Å². The van der Waals surface area contributed by atoms with Gasteiger partial charge in [-0.25, -0.2) is 4.79 Å². The summed E-state index contributed by atoms with van der Waals surface area (Å²) in [6.07, 6.45) is -0.467. The van der Waals surface area contributed by atoms with Crippen molar-refractivity contribution in [3.63, 3.8) is 0 Å². The lowest BCUT2D eigenvalue weighted by Crippen LogP contribution is -2.34. The van der Waals surface area contributed by atoms with E-state index < -0.39 is 11.7 Å². The first-order chi connectivity index (χ1) is 21.3. The molecule has 0 atom stereocenters. The van der Waals surface area contributed by atoms with Crippen molar-refractivity contribution in [2.45, 2.75) is 79.8 Å². The van der Waals surface area contributed by atoms with Crippen molar-refractivity contribution in [2.24, 2.45) is 5.73 Å². The quantitative estimate of drug-likeness (QED) is 0.153. The van der Waals surface area contributed by atoms with Gasteiger partial charge in [-0.05, 0) is 56.8 Å². The van der Waals surface area contributed by atoms with Crippen molar-refractivity contribution < 1.29 is 28.1 Å². The molecular weight excluding hydrogens is 608 g/mol. The lowest BCUT2D eigenvalue weighted by molar-refractivity contribution is 0.0519. The molecule has 0 fully saturated rings. The summed E-state index contributed by atoms with van der Waals surface area (Å²) in [4.78, 5) is 11.6. The summed E-state index contributed by atoms with van der Waals surface area (Å²) in [7, 11) is 0. The molecule has 0 saturated carbocycles. The topological polar surface area (TPSA) is 135 Å². The zero-order valence-corrected chi connectivity index (χ0v) is 29.2. The molecular formula is C35H49ClN4O6. The van der Waals surface area contributed by atoms with Crippen LogP contribution in [0, 0.1) is 13.8 Å². The third-order valence-corrected chi connectivity index (χ3v) is 6.54. The number of halogens is 1. The molecule has 2 aromatic heterocycles. The third-order valence-electron chi connectivity index (χ3n) is 6.54. The molecule has 0 radical (unpaired) electrons. The molecule has 4 rings (SSSR count). The summed E-state index contributed by atoms with van der Waals surface area (Å²) < 4.78 is 27.5. The molecule has 10 nitrogen and oxygen atoms in total. The van der Waals surface area contributed by atoms with Gasteiger partial charge in [0.1, 0.15) is 18.8 Å². The second-order valence-corrected chi connectivity index (χ2v) is 12.4. The number of carbonyl (C=O) groups excluding carboxylic acids is 1. The van der Waals surface area contributed by atoms with E-state index in [9.17, 15) is 4.79 Å². The van der Waals surface area contributed by atoms with Gasteiger partial charge in [0.15, 0.2) is 11.5 Å². The molecule has 2 aromatic carbocycles. The Kier molecular flexibility index (Phi) is 14.6. The minimum Gasteiger partial charge on any atom is -0.474 e. The molecule has 0 spiro atoms. The molecule has 4 aromatic rings. The van der Waals surface area contributed by atoms with Crippen LogP contribution in [0.4, 0.5) is 4.79 Å². The largest absolute Gasteiger partial charge is 0.474 e. The SMILES string of the molecule is Cc1ccc(-c2onc(OCCN)c2C(C)C)cc1.Cc1ccc(-c2onc(OCCNC(=O)OC(C)(C)C)c2C(C)C)cc1.Cl. The lowest BCUT2D eigenvalue weighted by Gasteiger charge is -2.19. The van der Waals surface area contributed by atoms with Crippen LogP contribution in [0.1, 0.15) is 82.6 Å². The number of amides is 1. The maximum Gasteiger partial charge on any atom is 0.407 e. The summed E-state index contributed by atoms with van der Waals surface area (Å²) in [5.41, 5.74) is 11.2.